The van der Waals surface area contributed by atoms with Crippen molar-refractivity contribution in [2.24, 2.45) is 0 Å². The average Bonchev–Trinajstić information content (AvgIpc) is 2.65. The summed E-state index contributed by atoms with van der Waals surface area (Å²) in [6.45, 7) is 0.707. The van der Waals surface area contributed by atoms with Crippen molar-refractivity contribution in [2.45, 2.75) is 0 Å². The van der Waals surface area contributed by atoms with Crippen LogP contribution in [0.2, 0.25) is 0 Å². The summed E-state index contributed by atoms with van der Waals surface area (Å²) in [4.78, 5) is 34.4. The van der Waals surface area contributed by atoms with Crippen LogP contribution in [0.15, 0.2) is 42.5 Å². The Morgan fingerprint density at radius 1 is 1.00 bits per heavy atom. The number of ether oxygens (including phenoxy) is 2. The van der Waals surface area contributed by atoms with E-state index in [2.05, 4.69) is 10.9 Å². The Hall–Kier alpha value is -3.62. The highest BCUT2D eigenvalue weighted by Gasteiger charge is 2.21. The lowest BCUT2D eigenvalue weighted by Gasteiger charge is -2.20. The first kappa shape index (κ1) is 16.2. The molecular weight excluding hydrogens is 330 g/mol. The highest BCUT2D eigenvalue weighted by atomic mass is 16.6. The van der Waals surface area contributed by atoms with Gasteiger partial charge in [0.15, 0.2) is 11.5 Å². The van der Waals surface area contributed by atoms with Crippen LogP contribution in [0.1, 0.15) is 20.7 Å². The SMILES string of the molecule is O=C(NNC(=O)c1cccc2c1OCCO2)c1cccc([N+](=O)[O-])c1. The van der Waals surface area contributed by atoms with Crippen molar-refractivity contribution in [3.05, 3.63) is 63.7 Å². The van der Waals surface area contributed by atoms with Crippen LogP contribution in [0.25, 0.3) is 0 Å². The summed E-state index contributed by atoms with van der Waals surface area (Å²) < 4.78 is 10.8. The number of non-ortho nitro benzene ring substituents is 1. The number of hydrogen-bond acceptors (Lipinski definition) is 6. The average molecular weight is 343 g/mol. The van der Waals surface area contributed by atoms with Crippen molar-refractivity contribution < 1.29 is 24.0 Å². The molecule has 2 aromatic carbocycles. The van der Waals surface area contributed by atoms with E-state index in [4.69, 9.17) is 9.47 Å². The number of hydrogen-bond donors (Lipinski definition) is 2. The van der Waals surface area contributed by atoms with Gasteiger partial charge in [0.1, 0.15) is 13.2 Å². The van der Waals surface area contributed by atoms with Crippen LogP contribution in [0.3, 0.4) is 0 Å². The van der Waals surface area contributed by atoms with Crippen molar-refractivity contribution in [3.8, 4) is 11.5 Å². The maximum Gasteiger partial charge on any atom is 0.273 e. The molecule has 2 amide bonds. The summed E-state index contributed by atoms with van der Waals surface area (Å²) in [5, 5.41) is 10.7. The Labute approximate surface area is 141 Å². The van der Waals surface area contributed by atoms with E-state index in [0.29, 0.717) is 24.7 Å². The van der Waals surface area contributed by atoms with Gasteiger partial charge in [0.05, 0.1) is 10.5 Å². The normalized spacial score (nSPS) is 12.2. The van der Waals surface area contributed by atoms with Crippen LogP contribution >= 0.6 is 0 Å². The molecule has 2 aromatic rings. The Kier molecular flexibility index (Phi) is 4.46. The molecule has 0 atom stereocenters. The Bertz CT molecular complexity index is 852. The monoisotopic (exact) mass is 343 g/mol. The lowest BCUT2D eigenvalue weighted by molar-refractivity contribution is -0.384. The third kappa shape index (κ3) is 3.50. The fourth-order valence-electron chi connectivity index (χ4n) is 2.27. The van der Waals surface area contributed by atoms with E-state index in [9.17, 15) is 19.7 Å². The zero-order valence-electron chi connectivity index (χ0n) is 12.9. The van der Waals surface area contributed by atoms with Gasteiger partial charge in [-0.25, -0.2) is 0 Å². The van der Waals surface area contributed by atoms with Crippen molar-refractivity contribution in [2.75, 3.05) is 13.2 Å². The van der Waals surface area contributed by atoms with E-state index < -0.39 is 16.7 Å². The number of fused-ring (bicyclic) bond motifs is 1. The molecule has 0 fully saturated rings. The largest absolute Gasteiger partial charge is 0.486 e. The number of nitrogens with zero attached hydrogens (tertiary/aromatic N) is 1. The molecule has 0 saturated heterocycles. The van der Waals surface area contributed by atoms with Gasteiger partial charge in [-0.15, -0.1) is 0 Å². The molecule has 25 heavy (non-hydrogen) atoms. The van der Waals surface area contributed by atoms with E-state index in [0.717, 1.165) is 6.07 Å². The van der Waals surface area contributed by atoms with E-state index >= 15 is 0 Å². The number of hydrazine groups is 1. The molecule has 0 saturated carbocycles. The van der Waals surface area contributed by atoms with Gasteiger partial charge in [-0.1, -0.05) is 12.1 Å². The minimum atomic E-state index is -0.681. The first-order chi connectivity index (χ1) is 12.1. The third-order valence-corrected chi connectivity index (χ3v) is 3.42. The molecule has 1 heterocycles. The number of benzene rings is 2. The number of nitro groups is 1. The lowest BCUT2D eigenvalue weighted by atomic mass is 10.1. The molecule has 0 radical (unpaired) electrons. The summed E-state index contributed by atoms with van der Waals surface area (Å²) >= 11 is 0. The van der Waals surface area contributed by atoms with Crippen LogP contribution < -0.4 is 20.3 Å². The van der Waals surface area contributed by atoms with E-state index in [1.165, 1.54) is 24.3 Å². The number of rotatable bonds is 3. The summed E-state index contributed by atoms with van der Waals surface area (Å²) in [6.07, 6.45) is 0. The fourth-order valence-corrected chi connectivity index (χ4v) is 2.27. The van der Waals surface area contributed by atoms with E-state index in [-0.39, 0.29) is 16.8 Å². The number of carbonyl (C=O) groups is 2. The summed E-state index contributed by atoms with van der Waals surface area (Å²) in [6, 6.07) is 10.00. The second kappa shape index (κ2) is 6.87. The number of para-hydroxylation sites is 1. The van der Waals surface area contributed by atoms with Crippen LogP contribution in [0.5, 0.6) is 11.5 Å². The predicted molar refractivity (Wildman–Crippen MR) is 85.5 cm³/mol. The number of carbonyl (C=O) groups excluding carboxylic acids is 2. The Morgan fingerprint density at radius 2 is 1.72 bits per heavy atom. The van der Waals surface area contributed by atoms with Gasteiger partial charge in [0, 0.05) is 17.7 Å². The van der Waals surface area contributed by atoms with Crippen LogP contribution in [0, 0.1) is 10.1 Å². The predicted octanol–water partition coefficient (Wildman–Crippen LogP) is 1.44. The summed E-state index contributed by atoms with van der Waals surface area (Å²) in [5.74, 6) is -0.528. The second-order valence-electron chi connectivity index (χ2n) is 5.05. The van der Waals surface area contributed by atoms with Crippen molar-refractivity contribution in [1.82, 2.24) is 10.9 Å². The van der Waals surface area contributed by atoms with Gasteiger partial charge in [0.25, 0.3) is 17.5 Å². The zero-order valence-corrected chi connectivity index (χ0v) is 12.9. The number of amides is 2. The molecule has 0 unspecified atom stereocenters. The quantitative estimate of drug-likeness (QED) is 0.643. The van der Waals surface area contributed by atoms with Crippen LogP contribution in [-0.2, 0) is 0 Å². The number of nitro benzene ring substituents is 1. The Morgan fingerprint density at radius 3 is 2.52 bits per heavy atom. The van der Waals surface area contributed by atoms with Gasteiger partial charge in [-0.2, -0.15) is 0 Å². The molecule has 9 heteroatoms. The Balaban J connectivity index is 1.69. The van der Waals surface area contributed by atoms with Gasteiger partial charge in [-0.3, -0.25) is 30.6 Å². The molecule has 0 spiro atoms. The van der Waals surface area contributed by atoms with E-state index in [1.807, 2.05) is 0 Å². The maximum atomic E-state index is 12.3. The van der Waals surface area contributed by atoms with Crippen molar-refractivity contribution in [3.63, 3.8) is 0 Å². The highest BCUT2D eigenvalue weighted by molar-refractivity contribution is 6.01. The molecule has 1 aliphatic heterocycles. The second-order valence-corrected chi connectivity index (χ2v) is 5.05. The molecule has 0 aliphatic carbocycles. The molecule has 128 valence electrons. The topological polar surface area (TPSA) is 120 Å². The first-order valence-corrected chi connectivity index (χ1v) is 7.30. The molecule has 0 bridgehead atoms. The molecule has 0 aromatic heterocycles. The minimum Gasteiger partial charge on any atom is -0.486 e. The molecule has 2 N–H and O–H groups in total. The van der Waals surface area contributed by atoms with Crippen molar-refractivity contribution >= 4 is 17.5 Å². The van der Waals surface area contributed by atoms with Gasteiger partial charge in [0.2, 0.25) is 0 Å². The summed E-state index contributed by atoms with van der Waals surface area (Å²) in [5.41, 5.74) is 4.49. The smallest absolute Gasteiger partial charge is 0.273 e. The third-order valence-electron chi connectivity index (χ3n) is 3.42. The summed E-state index contributed by atoms with van der Waals surface area (Å²) in [7, 11) is 0. The number of nitrogens with one attached hydrogen (secondary N) is 2. The van der Waals surface area contributed by atoms with Crippen molar-refractivity contribution in [1.29, 1.82) is 0 Å². The van der Waals surface area contributed by atoms with Crippen LogP contribution in [0.4, 0.5) is 5.69 Å². The highest BCUT2D eigenvalue weighted by Crippen LogP contribution is 2.33. The molecule has 3 rings (SSSR count). The maximum absolute atomic E-state index is 12.3. The molecule has 9 nitrogen and oxygen atoms in total. The fraction of sp³-hybridized carbons (Fsp3) is 0.125. The lowest BCUT2D eigenvalue weighted by Crippen LogP contribution is -2.41. The molecule has 1 aliphatic rings. The zero-order chi connectivity index (χ0) is 17.8. The standard InChI is InChI=1S/C16H13N3O6/c20-15(10-3-1-4-11(9-10)19(22)23)17-18-16(21)12-5-2-6-13-14(12)25-8-7-24-13/h1-6,9H,7-8H2,(H,17,20)(H,18,21). The van der Waals surface area contributed by atoms with Crippen LogP contribution in [-0.4, -0.2) is 30.0 Å². The first-order valence-electron chi connectivity index (χ1n) is 7.30. The molecular formula is C16H13N3O6. The van der Waals surface area contributed by atoms with Gasteiger partial charge >= 0.3 is 0 Å². The van der Waals surface area contributed by atoms with Gasteiger partial charge < -0.3 is 9.47 Å². The minimum absolute atomic E-state index is 0.0455. The van der Waals surface area contributed by atoms with Gasteiger partial charge in [-0.05, 0) is 18.2 Å². The van der Waals surface area contributed by atoms with E-state index in [1.54, 1.807) is 12.1 Å².